The first-order chi connectivity index (χ1) is 7.90. The smallest absolute Gasteiger partial charge is 0.00966 e. The van der Waals surface area contributed by atoms with Crippen LogP contribution in [-0.4, -0.2) is 12.1 Å². The van der Waals surface area contributed by atoms with Crippen LogP contribution in [0.5, 0.6) is 0 Å². The number of nitrogens with one attached hydrogen (secondary N) is 1. The summed E-state index contributed by atoms with van der Waals surface area (Å²) in [6.07, 6.45) is 2.29. The molecular formula is C16H27N. The van der Waals surface area contributed by atoms with E-state index in [2.05, 4.69) is 64.2 Å². The van der Waals surface area contributed by atoms with Crippen LogP contribution in [0.4, 0.5) is 0 Å². The largest absolute Gasteiger partial charge is 0.312 e. The lowest BCUT2D eigenvalue weighted by molar-refractivity contribution is 0.381. The maximum absolute atomic E-state index is 3.57. The zero-order valence-electron chi connectivity index (χ0n) is 12.0. The molecule has 1 aromatic carbocycles. The lowest BCUT2D eigenvalue weighted by atomic mass is 9.98. The van der Waals surface area contributed by atoms with Crippen molar-refractivity contribution in [2.24, 2.45) is 5.92 Å². The first kappa shape index (κ1) is 14.2. The van der Waals surface area contributed by atoms with E-state index in [1.807, 2.05) is 0 Å². The fraction of sp³-hybridized carbons (Fsp3) is 0.625. The Morgan fingerprint density at radius 2 is 1.82 bits per heavy atom. The highest BCUT2D eigenvalue weighted by Crippen LogP contribution is 2.12. The standard InChI is InChI=1S/C16H27N/c1-6-14-8-7-9-15(11-14)10-13(2)12-17-16(3,4)5/h7-9,11,13,17H,6,10,12H2,1-5H3. The van der Waals surface area contributed by atoms with Crippen molar-refractivity contribution in [1.29, 1.82) is 0 Å². The van der Waals surface area contributed by atoms with Gasteiger partial charge in [0.15, 0.2) is 0 Å². The van der Waals surface area contributed by atoms with Gasteiger partial charge in [-0.25, -0.2) is 0 Å². The van der Waals surface area contributed by atoms with Crippen LogP contribution in [0.3, 0.4) is 0 Å². The van der Waals surface area contributed by atoms with Crippen molar-refractivity contribution in [3.63, 3.8) is 0 Å². The Balaban J connectivity index is 2.47. The fourth-order valence-electron chi connectivity index (χ4n) is 1.93. The van der Waals surface area contributed by atoms with Crippen molar-refractivity contribution in [3.8, 4) is 0 Å². The van der Waals surface area contributed by atoms with Gasteiger partial charge >= 0.3 is 0 Å². The molecule has 17 heavy (non-hydrogen) atoms. The van der Waals surface area contributed by atoms with Gasteiger partial charge in [0.2, 0.25) is 0 Å². The molecule has 0 fully saturated rings. The summed E-state index contributed by atoms with van der Waals surface area (Å²) in [6.45, 7) is 12.3. The van der Waals surface area contributed by atoms with Crippen LogP contribution in [0, 0.1) is 5.92 Å². The number of hydrogen-bond donors (Lipinski definition) is 1. The highest BCUT2D eigenvalue weighted by molar-refractivity contribution is 5.23. The van der Waals surface area contributed by atoms with E-state index in [0.717, 1.165) is 19.4 Å². The lowest BCUT2D eigenvalue weighted by Gasteiger charge is -2.23. The van der Waals surface area contributed by atoms with Gasteiger partial charge in [-0.2, -0.15) is 0 Å². The molecule has 0 aromatic heterocycles. The number of aryl methyl sites for hydroxylation is 1. The van der Waals surface area contributed by atoms with E-state index in [1.165, 1.54) is 11.1 Å². The Morgan fingerprint density at radius 1 is 1.18 bits per heavy atom. The minimum atomic E-state index is 0.222. The van der Waals surface area contributed by atoms with Gasteiger partial charge in [-0.1, -0.05) is 38.1 Å². The van der Waals surface area contributed by atoms with Gasteiger partial charge in [-0.3, -0.25) is 0 Å². The minimum Gasteiger partial charge on any atom is -0.312 e. The van der Waals surface area contributed by atoms with E-state index in [0.29, 0.717) is 5.92 Å². The van der Waals surface area contributed by atoms with Crippen LogP contribution >= 0.6 is 0 Å². The fourth-order valence-corrected chi connectivity index (χ4v) is 1.93. The molecule has 1 heteroatoms. The normalized spacial score (nSPS) is 13.7. The van der Waals surface area contributed by atoms with Gasteiger partial charge in [0.25, 0.3) is 0 Å². The maximum atomic E-state index is 3.57. The summed E-state index contributed by atoms with van der Waals surface area (Å²) in [5.74, 6) is 0.682. The Labute approximate surface area is 107 Å². The van der Waals surface area contributed by atoms with E-state index >= 15 is 0 Å². The highest BCUT2D eigenvalue weighted by atomic mass is 14.9. The van der Waals surface area contributed by atoms with Crippen LogP contribution < -0.4 is 5.32 Å². The number of benzene rings is 1. The van der Waals surface area contributed by atoms with Crippen molar-refractivity contribution in [2.45, 2.75) is 53.0 Å². The zero-order chi connectivity index (χ0) is 12.9. The van der Waals surface area contributed by atoms with Crippen molar-refractivity contribution in [3.05, 3.63) is 35.4 Å². The molecule has 0 radical (unpaired) electrons. The molecule has 0 heterocycles. The average Bonchev–Trinajstić information content (AvgIpc) is 2.26. The summed E-state index contributed by atoms with van der Waals surface area (Å²) >= 11 is 0. The summed E-state index contributed by atoms with van der Waals surface area (Å²) in [5, 5.41) is 3.57. The SMILES string of the molecule is CCc1cccc(CC(C)CNC(C)(C)C)c1. The van der Waals surface area contributed by atoms with E-state index < -0.39 is 0 Å². The van der Waals surface area contributed by atoms with Crippen molar-refractivity contribution >= 4 is 0 Å². The Kier molecular flexibility index (Phi) is 5.20. The molecule has 0 saturated heterocycles. The second-order valence-corrected chi connectivity index (χ2v) is 6.11. The predicted octanol–water partition coefficient (Wildman–Crippen LogP) is 3.82. The molecule has 0 spiro atoms. The summed E-state index contributed by atoms with van der Waals surface area (Å²) < 4.78 is 0. The average molecular weight is 233 g/mol. The molecule has 1 N–H and O–H groups in total. The summed E-state index contributed by atoms with van der Waals surface area (Å²) in [4.78, 5) is 0. The predicted molar refractivity (Wildman–Crippen MR) is 76.4 cm³/mol. The van der Waals surface area contributed by atoms with Crippen molar-refractivity contribution in [2.75, 3.05) is 6.54 Å². The van der Waals surface area contributed by atoms with Crippen LogP contribution in [0.25, 0.3) is 0 Å². The van der Waals surface area contributed by atoms with Crippen LogP contribution in [0.2, 0.25) is 0 Å². The molecule has 0 aliphatic rings. The van der Waals surface area contributed by atoms with Crippen LogP contribution in [-0.2, 0) is 12.8 Å². The lowest BCUT2D eigenvalue weighted by Crippen LogP contribution is -2.39. The third kappa shape index (κ3) is 5.88. The molecule has 1 nitrogen and oxygen atoms in total. The third-order valence-corrected chi connectivity index (χ3v) is 2.96. The Morgan fingerprint density at radius 3 is 2.41 bits per heavy atom. The van der Waals surface area contributed by atoms with E-state index in [1.54, 1.807) is 0 Å². The maximum Gasteiger partial charge on any atom is 0.00966 e. The molecule has 1 unspecified atom stereocenters. The van der Waals surface area contributed by atoms with Crippen molar-refractivity contribution in [1.82, 2.24) is 5.32 Å². The second kappa shape index (κ2) is 6.20. The monoisotopic (exact) mass is 233 g/mol. The molecule has 0 aliphatic heterocycles. The summed E-state index contributed by atoms with van der Waals surface area (Å²) in [5.41, 5.74) is 3.13. The number of hydrogen-bond acceptors (Lipinski definition) is 1. The van der Waals surface area contributed by atoms with Crippen LogP contribution in [0.15, 0.2) is 24.3 Å². The minimum absolute atomic E-state index is 0.222. The van der Waals surface area contributed by atoms with Gasteiger partial charge < -0.3 is 5.32 Å². The second-order valence-electron chi connectivity index (χ2n) is 6.11. The van der Waals surface area contributed by atoms with Gasteiger partial charge in [-0.05, 0) is 57.2 Å². The molecule has 0 aliphatic carbocycles. The molecule has 96 valence electrons. The quantitative estimate of drug-likeness (QED) is 0.815. The molecule has 1 aromatic rings. The van der Waals surface area contributed by atoms with Gasteiger partial charge in [0.1, 0.15) is 0 Å². The van der Waals surface area contributed by atoms with Gasteiger partial charge in [0, 0.05) is 5.54 Å². The third-order valence-electron chi connectivity index (χ3n) is 2.96. The molecular weight excluding hydrogens is 206 g/mol. The van der Waals surface area contributed by atoms with E-state index in [-0.39, 0.29) is 5.54 Å². The molecule has 0 saturated carbocycles. The first-order valence-electron chi connectivity index (χ1n) is 6.73. The summed E-state index contributed by atoms with van der Waals surface area (Å²) in [6, 6.07) is 8.97. The van der Waals surface area contributed by atoms with Gasteiger partial charge in [-0.15, -0.1) is 0 Å². The summed E-state index contributed by atoms with van der Waals surface area (Å²) in [7, 11) is 0. The molecule has 1 atom stereocenters. The number of rotatable bonds is 5. The van der Waals surface area contributed by atoms with Gasteiger partial charge in [0.05, 0.1) is 0 Å². The molecule has 0 bridgehead atoms. The Bertz CT molecular complexity index is 336. The van der Waals surface area contributed by atoms with E-state index in [4.69, 9.17) is 0 Å². The van der Waals surface area contributed by atoms with E-state index in [9.17, 15) is 0 Å². The van der Waals surface area contributed by atoms with Crippen LogP contribution in [0.1, 0.15) is 45.7 Å². The Hall–Kier alpha value is -0.820. The first-order valence-corrected chi connectivity index (χ1v) is 6.73. The molecule has 0 amide bonds. The van der Waals surface area contributed by atoms with Crippen molar-refractivity contribution < 1.29 is 0 Å². The topological polar surface area (TPSA) is 12.0 Å². The zero-order valence-corrected chi connectivity index (χ0v) is 12.0. The highest BCUT2D eigenvalue weighted by Gasteiger charge is 2.11. The molecule has 1 rings (SSSR count).